The summed E-state index contributed by atoms with van der Waals surface area (Å²) in [4.78, 5) is 26.0. The number of hydrogen-bond donors (Lipinski definition) is 4. The Labute approximate surface area is 109 Å². The van der Waals surface area contributed by atoms with Crippen LogP contribution >= 0.6 is 0 Å². The summed E-state index contributed by atoms with van der Waals surface area (Å²) in [7, 11) is 2.16. The average Bonchev–Trinajstić information content (AvgIpc) is 2.18. The average molecular weight is 258 g/mol. The molecule has 0 aromatic heterocycles. The molecule has 6 heteroatoms. The van der Waals surface area contributed by atoms with Crippen LogP contribution in [0, 0.1) is 0 Å². The van der Waals surface area contributed by atoms with E-state index in [4.69, 9.17) is 0 Å². The van der Waals surface area contributed by atoms with Crippen LogP contribution in [-0.2, 0) is 4.79 Å². The molecule has 0 bridgehead atoms. The zero-order valence-electron chi connectivity index (χ0n) is 11.9. The molecule has 0 aromatic carbocycles. The smallest absolute Gasteiger partial charge is 0.322 e. The Morgan fingerprint density at radius 3 is 2.17 bits per heavy atom. The van der Waals surface area contributed by atoms with Gasteiger partial charge in [-0.25, -0.2) is 4.79 Å². The van der Waals surface area contributed by atoms with Gasteiger partial charge in [0.05, 0.1) is 7.05 Å². The third-order valence-corrected chi connectivity index (χ3v) is 2.96. The number of nitrogens with one attached hydrogen (secondary N) is 4. The van der Waals surface area contributed by atoms with E-state index in [2.05, 4.69) is 17.7 Å². The summed E-state index contributed by atoms with van der Waals surface area (Å²) in [6.07, 6.45) is 0. The molecule has 0 aromatic rings. The standard InChI is InChI=1S/C12H24N4O2/c1-12(2,3)14-11(18)13-10(17)9-16-7-5-15(4)6-8-16/h5-9H2,1-4H3,(H2,13,14,17,18)/p+2. The van der Waals surface area contributed by atoms with Gasteiger partial charge in [-0.05, 0) is 20.8 Å². The molecule has 1 rings (SSSR count). The molecule has 1 saturated heterocycles. The van der Waals surface area contributed by atoms with Crippen LogP contribution in [0.25, 0.3) is 0 Å². The highest BCUT2D eigenvalue weighted by Crippen LogP contribution is 1.96. The number of carbonyl (C=O) groups is 2. The molecule has 1 fully saturated rings. The van der Waals surface area contributed by atoms with Gasteiger partial charge in [0.1, 0.15) is 26.2 Å². The molecule has 0 atom stereocenters. The zero-order chi connectivity index (χ0) is 13.8. The van der Waals surface area contributed by atoms with E-state index in [1.807, 2.05) is 20.8 Å². The Bertz CT molecular complexity index is 304. The van der Waals surface area contributed by atoms with E-state index < -0.39 is 6.03 Å². The van der Waals surface area contributed by atoms with E-state index in [0.717, 1.165) is 26.2 Å². The fourth-order valence-corrected chi connectivity index (χ4v) is 1.98. The fourth-order valence-electron chi connectivity index (χ4n) is 1.98. The summed E-state index contributed by atoms with van der Waals surface area (Å²) < 4.78 is 0. The second kappa shape index (κ2) is 6.15. The lowest BCUT2D eigenvalue weighted by Gasteiger charge is -2.27. The second-order valence-electron chi connectivity index (χ2n) is 6.14. The number of amides is 3. The van der Waals surface area contributed by atoms with Crippen molar-refractivity contribution in [1.29, 1.82) is 0 Å². The molecule has 6 nitrogen and oxygen atoms in total. The molecule has 0 radical (unpaired) electrons. The van der Waals surface area contributed by atoms with Gasteiger partial charge in [0.15, 0.2) is 6.54 Å². The first kappa shape index (κ1) is 14.9. The van der Waals surface area contributed by atoms with Crippen molar-refractivity contribution < 1.29 is 19.4 Å². The van der Waals surface area contributed by atoms with Crippen molar-refractivity contribution in [2.75, 3.05) is 39.8 Å². The third-order valence-electron chi connectivity index (χ3n) is 2.96. The molecule has 104 valence electrons. The van der Waals surface area contributed by atoms with Crippen LogP contribution in [0.3, 0.4) is 0 Å². The van der Waals surface area contributed by atoms with Crippen molar-refractivity contribution in [2.45, 2.75) is 26.3 Å². The Balaban J connectivity index is 2.27. The van der Waals surface area contributed by atoms with Gasteiger partial charge in [-0.15, -0.1) is 0 Å². The van der Waals surface area contributed by atoms with E-state index in [9.17, 15) is 9.59 Å². The van der Waals surface area contributed by atoms with Crippen molar-refractivity contribution in [3.8, 4) is 0 Å². The van der Waals surface area contributed by atoms with Gasteiger partial charge in [-0.3, -0.25) is 10.1 Å². The van der Waals surface area contributed by atoms with Crippen molar-refractivity contribution >= 4 is 11.9 Å². The number of imide groups is 1. The number of likely N-dealkylation sites (N-methyl/N-ethyl adjacent to an activating group) is 1. The first-order valence-electron chi connectivity index (χ1n) is 6.53. The molecular weight excluding hydrogens is 232 g/mol. The van der Waals surface area contributed by atoms with Crippen LogP contribution in [0.1, 0.15) is 20.8 Å². The molecule has 4 N–H and O–H groups in total. The highest BCUT2D eigenvalue weighted by Gasteiger charge is 2.23. The Morgan fingerprint density at radius 1 is 1.11 bits per heavy atom. The number of piperazine rings is 1. The third kappa shape index (κ3) is 5.97. The molecule has 1 aliphatic heterocycles. The van der Waals surface area contributed by atoms with Crippen LogP contribution in [0.15, 0.2) is 0 Å². The summed E-state index contributed by atoms with van der Waals surface area (Å²) in [6.45, 7) is 10.2. The van der Waals surface area contributed by atoms with Crippen LogP contribution in [0.2, 0.25) is 0 Å². The van der Waals surface area contributed by atoms with Crippen molar-refractivity contribution in [3.05, 3.63) is 0 Å². The summed E-state index contributed by atoms with van der Waals surface area (Å²) in [6, 6.07) is -0.411. The monoisotopic (exact) mass is 258 g/mol. The SMILES string of the molecule is C[NH+]1CC[NH+](CC(=O)NC(=O)NC(C)(C)C)CC1. The molecule has 0 saturated carbocycles. The van der Waals surface area contributed by atoms with Crippen LogP contribution in [-0.4, -0.2) is 57.2 Å². The van der Waals surface area contributed by atoms with E-state index in [1.165, 1.54) is 9.80 Å². The predicted molar refractivity (Wildman–Crippen MR) is 68.6 cm³/mol. The summed E-state index contributed by atoms with van der Waals surface area (Å²) in [5.41, 5.74) is -0.325. The summed E-state index contributed by atoms with van der Waals surface area (Å²) >= 11 is 0. The van der Waals surface area contributed by atoms with Gasteiger partial charge in [0, 0.05) is 5.54 Å². The Hall–Kier alpha value is -1.14. The number of rotatable bonds is 2. The van der Waals surface area contributed by atoms with Gasteiger partial charge < -0.3 is 15.1 Å². The second-order valence-corrected chi connectivity index (χ2v) is 6.14. The van der Waals surface area contributed by atoms with E-state index in [0.29, 0.717) is 6.54 Å². The lowest BCUT2D eigenvalue weighted by molar-refractivity contribution is -1.000. The maximum absolute atomic E-state index is 11.7. The lowest BCUT2D eigenvalue weighted by Crippen LogP contribution is -3.27. The number of quaternary nitrogens is 2. The number of hydrogen-bond acceptors (Lipinski definition) is 2. The first-order valence-corrected chi connectivity index (χ1v) is 6.53. The molecule has 1 heterocycles. The van der Waals surface area contributed by atoms with Crippen LogP contribution < -0.4 is 20.4 Å². The van der Waals surface area contributed by atoms with Crippen LogP contribution in [0.5, 0.6) is 0 Å². The summed E-state index contributed by atoms with van der Waals surface area (Å²) in [5, 5.41) is 5.09. The topological polar surface area (TPSA) is 67.1 Å². The lowest BCUT2D eigenvalue weighted by atomic mass is 10.1. The number of carbonyl (C=O) groups excluding carboxylic acids is 2. The largest absolute Gasteiger partial charge is 0.333 e. The minimum atomic E-state index is -0.411. The van der Waals surface area contributed by atoms with Gasteiger partial charge in [0.2, 0.25) is 0 Å². The minimum absolute atomic E-state index is 0.202. The minimum Gasteiger partial charge on any atom is -0.333 e. The Morgan fingerprint density at radius 2 is 1.67 bits per heavy atom. The van der Waals surface area contributed by atoms with Crippen molar-refractivity contribution in [2.24, 2.45) is 0 Å². The fraction of sp³-hybridized carbons (Fsp3) is 0.833. The molecule has 0 spiro atoms. The normalized spacial score (nSPS) is 24.4. The zero-order valence-corrected chi connectivity index (χ0v) is 11.9. The van der Waals surface area contributed by atoms with Gasteiger partial charge >= 0.3 is 6.03 Å². The van der Waals surface area contributed by atoms with Crippen LogP contribution in [0.4, 0.5) is 4.79 Å². The van der Waals surface area contributed by atoms with E-state index in [1.54, 1.807) is 0 Å². The van der Waals surface area contributed by atoms with Crippen molar-refractivity contribution in [1.82, 2.24) is 10.6 Å². The van der Waals surface area contributed by atoms with E-state index in [-0.39, 0.29) is 11.4 Å². The summed E-state index contributed by atoms with van der Waals surface area (Å²) in [5.74, 6) is -0.202. The molecule has 0 unspecified atom stereocenters. The van der Waals surface area contributed by atoms with Gasteiger partial charge in [-0.1, -0.05) is 0 Å². The maximum Gasteiger partial charge on any atom is 0.322 e. The molecule has 1 aliphatic rings. The quantitative estimate of drug-likeness (QED) is 0.427. The first-order chi connectivity index (χ1) is 8.26. The maximum atomic E-state index is 11.7. The molecule has 0 aliphatic carbocycles. The highest BCUT2D eigenvalue weighted by atomic mass is 16.2. The molecule has 3 amide bonds. The van der Waals surface area contributed by atoms with Gasteiger partial charge in [-0.2, -0.15) is 0 Å². The molecule has 18 heavy (non-hydrogen) atoms. The van der Waals surface area contributed by atoms with E-state index >= 15 is 0 Å². The predicted octanol–water partition coefficient (Wildman–Crippen LogP) is -2.98. The highest BCUT2D eigenvalue weighted by molar-refractivity contribution is 5.94. The Kier molecular flexibility index (Phi) is 5.10. The van der Waals surface area contributed by atoms with Crippen molar-refractivity contribution in [3.63, 3.8) is 0 Å². The molecular formula is C12H26N4O2+2. The van der Waals surface area contributed by atoms with Gasteiger partial charge in [0.25, 0.3) is 5.91 Å². The number of urea groups is 1.